The molecule has 2 aromatic rings. The molecule has 2 heterocycles. The summed E-state index contributed by atoms with van der Waals surface area (Å²) < 4.78 is 15.8. The molecule has 1 saturated heterocycles. The van der Waals surface area contributed by atoms with Gasteiger partial charge >= 0.3 is 0 Å². The minimum absolute atomic E-state index is 0.00000846. The first kappa shape index (κ1) is 19.8. The molecule has 1 aliphatic rings. The van der Waals surface area contributed by atoms with Gasteiger partial charge in [-0.25, -0.2) is 0 Å². The smallest absolute Gasteiger partial charge is 0.257 e. The minimum atomic E-state index is -0.147. The number of carbonyl (C=O) groups is 2. The first-order valence-electron chi connectivity index (χ1n) is 9.59. The Kier molecular flexibility index (Phi) is 6.94. The number of piperidine rings is 1. The summed E-state index contributed by atoms with van der Waals surface area (Å²) in [6.07, 6.45) is 4.71. The Balaban J connectivity index is 1.33. The molecule has 0 radical (unpaired) electrons. The molecule has 0 aliphatic carbocycles. The Morgan fingerprint density at radius 2 is 1.79 bits per heavy atom. The summed E-state index contributed by atoms with van der Waals surface area (Å²) in [5.74, 6) is 1.62. The second-order valence-electron chi connectivity index (χ2n) is 6.74. The number of carbonyl (C=O) groups excluding carboxylic acids is 2. The molecule has 1 aromatic heterocycles. The molecule has 0 saturated carbocycles. The van der Waals surface area contributed by atoms with Gasteiger partial charge in [0, 0.05) is 19.6 Å². The van der Waals surface area contributed by atoms with E-state index < -0.39 is 0 Å². The maximum atomic E-state index is 12.3. The average molecular weight is 386 g/mol. The Morgan fingerprint density at radius 3 is 2.39 bits per heavy atom. The molecule has 2 amide bonds. The first-order chi connectivity index (χ1) is 13.7. The van der Waals surface area contributed by atoms with Gasteiger partial charge in [0.2, 0.25) is 0 Å². The molecule has 150 valence electrons. The number of hydrogen-bond donors (Lipinski definition) is 1. The number of ether oxygens (including phenoxy) is 2. The van der Waals surface area contributed by atoms with Crippen LogP contribution >= 0.6 is 0 Å². The van der Waals surface area contributed by atoms with E-state index in [0.717, 1.165) is 18.6 Å². The lowest BCUT2D eigenvalue weighted by molar-refractivity contribution is -0.123. The van der Waals surface area contributed by atoms with Crippen molar-refractivity contribution in [3.8, 4) is 11.5 Å². The number of benzene rings is 1. The topological polar surface area (TPSA) is 81.0 Å². The van der Waals surface area contributed by atoms with E-state index in [0.29, 0.717) is 43.5 Å². The van der Waals surface area contributed by atoms with E-state index in [1.54, 1.807) is 18.2 Å². The highest BCUT2D eigenvalue weighted by atomic mass is 16.5. The van der Waals surface area contributed by atoms with Crippen LogP contribution in [0.2, 0.25) is 0 Å². The molecule has 1 aromatic carbocycles. The zero-order chi connectivity index (χ0) is 19.8. The highest BCUT2D eigenvalue weighted by Crippen LogP contribution is 2.19. The summed E-state index contributed by atoms with van der Waals surface area (Å²) >= 11 is 0. The fraction of sp³-hybridized carbons (Fsp3) is 0.429. The van der Waals surface area contributed by atoms with E-state index in [4.69, 9.17) is 13.9 Å². The maximum absolute atomic E-state index is 12.3. The van der Waals surface area contributed by atoms with Gasteiger partial charge in [-0.15, -0.1) is 0 Å². The lowest BCUT2D eigenvalue weighted by Gasteiger charge is -2.31. The van der Waals surface area contributed by atoms with Crippen LogP contribution in [0.4, 0.5) is 0 Å². The molecule has 3 rings (SSSR count). The van der Waals surface area contributed by atoms with Gasteiger partial charge in [-0.3, -0.25) is 9.59 Å². The highest BCUT2D eigenvalue weighted by Gasteiger charge is 2.24. The molecule has 0 atom stereocenters. The Hall–Kier alpha value is -2.96. The van der Waals surface area contributed by atoms with E-state index in [9.17, 15) is 9.59 Å². The van der Waals surface area contributed by atoms with Crippen LogP contribution in [0.5, 0.6) is 11.5 Å². The van der Waals surface area contributed by atoms with E-state index >= 15 is 0 Å². The van der Waals surface area contributed by atoms with Crippen LogP contribution < -0.4 is 14.8 Å². The number of furan rings is 1. The normalized spacial score (nSPS) is 14.5. The zero-order valence-electron chi connectivity index (χ0n) is 16.1. The van der Waals surface area contributed by atoms with Crippen molar-refractivity contribution in [1.29, 1.82) is 0 Å². The van der Waals surface area contributed by atoms with Crippen LogP contribution in [0.25, 0.3) is 0 Å². The zero-order valence-corrected chi connectivity index (χ0v) is 16.1. The number of nitrogens with one attached hydrogen (secondary N) is 1. The molecule has 1 fully saturated rings. The number of nitrogens with zero attached hydrogens (tertiary/aromatic N) is 1. The third-order valence-corrected chi connectivity index (χ3v) is 4.76. The van der Waals surface area contributed by atoms with Gasteiger partial charge in [-0.2, -0.15) is 0 Å². The van der Waals surface area contributed by atoms with Gasteiger partial charge in [0.15, 0.2) is 6.61 Å². The Morgan fingerprint density at radius 1 is 1.11 bits per heavy atom. The summed E-state index contributed by atoms with van der Waals surface area (Å²) in [4.78, 5) is 26.1. The van der Waals surface area contributed by atoms with Crippen LogP contribution in [0.3, 0.4) is 0 Å². The number of likely N-dealkylation sites (tertiary alicyclic amines) is 1. The third-order valence-electron chi connectivity index (χ3n) is 4.76. The maximum Gasteiger partial charge on any atom is 0.257 e. The van der Waals surface area contributed by atoms with E-state index in [1.807, 2.05) is 24.0 Å². The fourth-order valence-electron chi connectivity index (χ4n) is 3.17. The van der Waals surface area contributed by atoms with Crippen molar-refractivity contribution in [1.82, 2.24) is 10.2 Å². The van der Waals surface area contributed by atoms with Crippen LogP contribution in [0, 0.1) is 5.92 Å². The van der Waals surface area contributed by atoms with Crippen LogP contribution in [0.1, 0.15) is 30.1 Å². The summed E-state index contributed by atoms with van der Waals surface area (Å²) in [6.45, 7) is 4.49. The SMILES string of the molecule is CCOc1ccc(OCC(=O)NCC2CCN(C(=O)c3ccoc3)CC2)cc1. The van der Waals surface area contributed by atoms with Crippen molar-refractivity contribution >= 4 is 11.8 Å². The van der Waals surface area contributed by atoms with E-state index in [2.05, 4.69) is 5.32 Å². The standard InChI is InChI=1S/C21H26N2O5/c1-2-27-18-3-5-19(6-4-18)28-15-20(24)22-13-16-7-10-23(11-8-16)21(25)17-9-12-26-14-17/h3-6,9,12,14,16H,2,7-8,10-11,13,15H2,1H3,(H,22,24). The minimum Gasteiger partial charge on any atom is -0.494 e. The Labute approximate surface area is 164 Å². The monoisotopic (exact) mass is 386 g/mol. The molecule has 1 N–H and O–H groups in total. The quantitative estimate of drug-likeness (QED) is 0.754. The fourth-order valence-corrected chi connectivity index (χ4v) is 3.17. The highest BCUT2D eigenvalue weighted by molar-refractivity contribution is 5.93. The second-order valence-corrected chi connectivity index (χ2v) is 6.74. The van der Waals surface area contributed by atoms with Gasteiger partial charge in [0.25, 0.3) is 11.8 Å². The molecule has 7 nitrogen and oxygen atoms in total. The predicted octanol–water partition coefficient (Wildman–Crippen LogP) is 2.73. The van der Waals surface area contributed by atoms with Crippen molar-refractivity contribution in [3.05, 3.63) is 48.4 Å². The molecule has 28 heavy (non-hydrogen) atoms. The number of amides is 2. The second kappa shape index (κ2) is 9.82. The number of hydrogen-bond acceptors (Lipinski definition) is 5. The average Bonchev–Trinajstić information content (AvgIpc) is 3.27. The molecule has 7 heteroatoms. The van der Waals surface area contributed by atoms with Crippen LogP contribution in [0.15, 0.2) is 47.3 Å². The third kappa shape index (κ3) is 5.52. The molecule has 0 unspecified atom stereocenters. The van der Waals surface area contributed by atoms with Crippen molar-refractivity contribution in [2.45, 2.75) is 19.8 Å². The summed E-state index contributed by atoms with van der Waals surface area (Å²) in [7, 11) is 0. The van der Waals surface area contributed by atoms with Crippen LogP contribution in [-0.4, -0.2) is 49.6 Å². The lowest BCUT2D eigenvalue weighted by atomic mass is 9.96. The first-order valence-corrected chi connectivity index (χ1v) is 9.59. The van der Waals surface area contributed by atoms with Gasteiger partial charge in [0.1, 0.15) is 17.8 Å². The summed E-state index contributed by atoms with van der Waals surface area (Å²) in [5, 5.41) is 2.92. The van der Waals surface area contributed by atoms with Gasteiger partial charge in [-0.05, 0) is 56.0 Å². The van der Waals surface area contributed by atoms with Gasteiger partial charge < -0.3 is 24.1 Å². The van der Waals surface area contributed by atoms with Crippen molar-refractivity contribution in [2.24, 2.45) is 5.92 Å². The summed E-state index contributed by atoms with van der Waals surface area (Å²) in [6, 6.07) is 8.87. The summed E-state index contributed by atoms with van der Waals surface area (Å²) in [5.41, 5.74) is 0.582. The number of rotatable bonds is 8. The van der Waals surface area contributed by atoms with E-state index in [-0.39, 0.29) is 18.4 Å². The molecule has 1 aliphatic heterocycles. The molecule has 0 bridgehead atoms. The molecule has 0 spiro atoms. The molecular weight excluding hydrogens is 360 g/mol. The predicted molar refractivity (Wildman–Crippen MR) is 103 cm³/mol. The Bertz CT molecular complexity index is 750. The largest absolute Gasteiger partial charge is 0.494 e. The van der Waals surface area contributed by atoms with Gasteiger partial charge in [0.05, 0.1) is 18.4 Å². The molecular formula is C21H26N2O5. The van der Waals surface area contributed by atoms with Crippen molar-refractivity contribution in [2.75, 3.05) is 32.8 Å². The van der Waals surface area contributed by atoms with Crippen LogP contribution in [-0.2, 0) is 4.79 Å². The van der Waals surface area contributed by atoms with Crippen molar-refractivity contribution < 1.29 is 23.5 Å². The van der Waals surface area contributed by atoms with E-state index in [1.165, 1.54) is 12.5 Å². The van der Waals surface area contributed by atoms with Crippen molar-refractivity contribution in [3.63, 3.8) is 0 Å². The van der Waals surface area contributed by atoms with Gasteiger partial charge in [-0.1, -0.05) is 0 Å². The lowest BCUT2D eigenvalue weighted by Crippen LogP contribution is -2.42.